The molecule has 0 unspecified atom stereocenters. The molecule has 25 heavy (non-hydrogen) atoms. The fourth-order valence-corrected chi connectivity index (χ4v) is 3.92. The van der Waals surface area contributed by atoms with E-state index in [1.54, 1.807) is 22.8 Å². The summed E-state index contributed by atoms with van der Waals surface area (Å²) in [4.78, 5) is 32.1. The van der Waals surface area contributed by atoms with Gasteiger partial charge < -0.3 is 9.64 Å². The van der Waals surface area contributed by atoms with Crippen molar-refractivity contribution >= 4 is 27.5 Å². The van der Waals surface area contributed by atoms with Crippen molar-refractivity contribution in [3.8, 4) is 10.4 Å². The van der Waals surface area contributed by atoms with Gasteiger partial charge in [-0.1, -0.05) is 30.3 Å². The van der Waals surface area contributed by atoms with Crippen LogP contribution in [0.5, 0.6) is 0 Å². The van der Waals surface area contributed by atoms with Gasteiger partial charge in [-0.05, 0) is 11.6 Å². The lowest BCUT2D eigenvalue weighted by Crippen LogP contribution is -2.46. The van der Waals surface area contributed by atoms with Crippen molar-refractivity contribution in [2.75, 3.05) is 20.2 Å². The average Bonchev–Trinajstić information content (AvgIpc) is 3.06. The molecule has 6 nitrogen and oxygen atoms in total. The third-order valence-corrected chi connectivity index (χ3v) is 5.41. The summed E-state index contributed by atoms with van der Waals surface area (Å²) in [5, 5.41) is 0.617. The number of likely N-dealkylation sites (N-methyl/N-ethyl adjacent to an activating group) is 1. The van der Waals surface area contributed by atoms with Crippen LogP contribution in [0, 0.1) is 0 Å². The largest absolute Gasteiger partial charge is 0.365 e. The topological polar surface area (TPSA) is 64.4 Å². The van der Waals surface area contributed by atoms with E-state index in [1.807, 2.05) is 36.4 Å². The number of hydrogen-bond donors (Lipinski definition) is 0. The van der Waals surface area contributed by atoms with Gasteiger partial charge in [-0.15, -0.1) is 11.3 Å². The number of thiophene rings is 1. The molecule has 0 aliphatic carbocycles. The average molecular weight is 355 g/mol. The van der Waals surface area contributed by atoms with Crippen LogP contribution < -0.4 is 5.56 Å². The second-order valence-electron chi connectivity index (χ2n) is 6.10. The van der Waals surface area contributed by atoms with Crippen LogP contribution in [0.4, 0.5) is 0 Å². The van der Waals surface area contributed by atoms with E-state index in [2.05, 4.69) is 4.98 Å². The molecule has 0 radical (unpaired) electrons. The Morgan fingerprint density at radius 3 is 2.84 bits per heavy atom. The summed E-state index contributed by atoms with van der Waals surface area (Å²) in [6.45, 7) is 0.917. The van der Waals surface area contributed by atoms with Gasteiger partial charge in [0, 0.05) is 18.5 Å². The molecular formula is C18H17N3O3S. The normalized spacial score (nSPS) is 18.0. The number of carbonyl (C=O) groups excluding carboxylic acids is 1. The minimum atomic E-state index is -0.202. The Balaban J connectivity index is 1.64. The fourth-order valence-electron chi connectivity index (χ4n) is 2.92. The number of nitrogens with zero attached hydrogens (tertiary/aromatic N) is 3. The Labute approximate surface area is 148 Å². The van der Waals surface area contributed by atoms with Crippen molar-refractivity contribution < 1.29 is 9.53 Å². The third-order valence-electron chi connectivity index (χ3n) is 4.32. The number of morpholine rings is 1. The van der Waals surface area contributed by atoms with Gasteiger partial charge in [0.2, 0.25) is 5.91 Å². The van der Waals surface area contributed by atoms with Gasteiger partial charge in [0.1, 0.15) is 11.4 Å². The molecule has 0 N–H and O–H groups in total. The lowest BCUT2D eigenvalue weighted by Gasteiger charge is -2.30. The third kappa shape index (κ3) is 3.08. The van der Waals surface area contributed by atoms with Crippen molar-refractivity contribution in [2.24, 2.45) is 0 Å². The van der Waals surface area contributed by atoms with E-state index in [1.165, 1.54) is 11.3 Å². The van der Waals surface area contributed by atoms with E-state index < -0.39 is 0 Å². The molecule has 1 fully saturated rings. The maximum Gasteiger partial charge on any atom is 0.262 e. The van der Waals surface area contributed by atoms with Crippen molar-refractivity contribution in [3.05, 3.63) is 53.1 Å². The Bertz CT molecular complexity index is 980. The molecule has 1 aliphatic heterocycles. The molecule has 3 aromatic rings. The number of ether oxygens (including phenoxy) is 1. The second kappa shape index (κ2) is 6.42. The summed E-state index contributed by atoms with van der Waals surface area (Å²) in [7, 11) is 1.74. The summed E-state index contributed by atoms with van der Waals surface area (Å²) in [5.74, 6) is -0.0393. The van der Waals surface area contributed by atoms with E-state index in [-0.39, 0.29) is 24.2 Å². The fraction of sp³-hybridized carbons (Fsp3) is 0.278. The number of benzene rings is 1. The molecule has 1 amide bonds. The molecule has 1 atom stereocenters. The van der Waals surface area contributed by atoms with E-state index in [4.69, 9.17) is 4.74 Å². The van der Waals surface area contributed by atoms with Crippen molar-refractivity contribution in [1.82, 2.24) is 14.5 Å². The van der Waals surface area contributed by atoms with Crippen molar-refractivity contribution in [2.45, 2.75) is 12.6 Å². The molecule has 1 aliphatic rings. The number of aromatic nitrogens is 2. The van der Waals surface area contributed by atoms with Crippen LogP contribution in [0.3, 0.4) is 0 Å². The lowest BCUT2D eigenvalue weighted by molar-refractivity contribution is -0.147. The SMILES string of the molecule is CN1C[C@H](Cn2cnc3sc(-c4ccccc4)cc3c2=O)OCC1=O. The predicted octanol–water partition coefficient (Wildman–Crippen LogP) is 1.98. The standard InChI is InChI=1S/C18H17N3O3S/c1-20-8-13(24-10-16(20)22)9-21-11-19-17-14(18(21)23)7-15(25-17)12-5-3-2-4-6-12/h2-7,11,13H,8-10H2,1H3/t13-/m1/s1. The van der Waals surface area contributed by atoms with Crippen LogP contribution in [-0.4, -0.2) is 46.7 Å². The Morgan fingerprint density at radius 1 is 1.28 bits per heavy atom. The highest BCUT2D eigenvalue weighted by atomic mass is 32.1. The zero-order valence-corrected chi connectivity index (χ0v) is 14.5. The van der Waals surface area contributed by atoms with Gasteiger partial charge in [0.25, 0.3) is 5.56 Å². The van der Waals surface area contributed by atoms with Crippen LogP contribution in [-0.2, 0) is 16.1 Å². The quantitative estimate of drug-likeness (QED) is 0.721. The molecule has 4 rings (SSSR count). The molecule has 0 spiro atoms. The van der Waals surface area contributed by atoms with E-state index in [0.29, 0.717) is 18.5 Å². The number of amides is 1. The van der Waals surface area contributed by atoms with Gasteiger partial charge in [0.15, 0.2) is 0 Å². The number of hydrogen-bond acceptors (Lipinski definition) is 5. The zero-order valence-electron chi connectivity index (χ0n) is 13.7. The first-order valence-corrected chi connectivity index (χ1v) is 8.83. The van der Waals surface area contributed by atoms with Gasteiger partial charge in [0.05, 0.1) is 24.4 Å². The van der Waals surface area contributed by atoms with Gasteiger partial charge in [-0.25, -0.2) is 4.98 Å². The van der Waals surface area contributed by atoms with Crippen molar-refractivity contribution in [3.63, 3.8) is 0 Å². The number of carbonyl (C=O) groups is 1. The molecule has 2 aromatic heterocycles. The molecular weight excluding hydrogens is 338 g/mol. The van der Waals surface area contributed by atoms with Gasteiger partial charge in [-0.3, -0.25) is 14.2 Å². The monoisotopic (exact) mass is 355 g/mol. The maximum atomic E-state index is 12.8. The number of rotatable bonds is 3. The number of fused-ring (bicyclic) bond motifs is 1. The smallest absolute Gasteiger partial charge is 0.262 e. The Morgan fingerprint density at radius 2 is 2.08 bits per heavy atom. The van der Waals surface area contributed by atoms with E-state index in [9.17, 15) is 9.59 Å². The molecule has 7 heteroatoms. The van der Waals surface area contributed by atoms with E-state index in [0.717, 1.165) is 15.3 Å². The van der Waals surface area contributed by atoms with Crippen LogP contribution in [0.25, 0.3) is 20.7 Å². The van der Waals surface area contributed by atoms with Crippen LogP contribution in [0.2, 0.25) is 0 Å². The van der Waals surface area contributed by atoms with Crippen LogP contribution in [0.15, 0.2) is 47.5 Å². The van der Waals surface area contributed by atoms with Crippen LogP contribution in [0.1, 0.15) is 0 Å². The summed E-state index contributed by atoms with van der Waals surface area (Å²) in [5.41, 5.74) is 0.999. The molecule has 0 bridgehead atoms. The van der Waals surface area contributed by atoms with Crippen LogP contribution >= 0.6 is 11.3 Å². The molecule has 3 heterocycles. The summed E-state index contributed by atoms with van der Waals surface area (Å²) in [6, 6.07) is 11.9. The zero-order chi connectivity index (χ0) is 17.4. The van der Waals surface area contributed by atoms with Crippen molar-refractivity contribution in [1.29, 1.82) is 0 Å². The summed E-state index contributed by atoms with van der Waals surface area (Å²) >= 11 is 1.51. The minimum absolute atomic E-state index is 0.0393. The first kappa shape index (κ1) is 16.0. The molecule has 128 valence electrons. The molecule has 1 saturated heterocycles. The highest BCUT2D eigenvalue weighted by Gasteiger charge is 2.24. The first-order chi connectivity index (χ1) is 12.1. The lowest BCUT2D eigenvalue weighted by atomic mass is 10.2. The minimum Gasteiger partial charge on any atom is -0.365 e. The highest BCUT2D eigenvalue weighted by Crippen LogP contribution is 2.30. The highest BCUT2D eigenvalue weighted by molar-refractivity contribution is 7.21. The molecule has 0 saturated carbocycles. The van der Waals surface area contributed by atoms with E-state index >= 15 is 0 Å². The predicted molar refractivity (Wildman–Crippen MR) is 96.7 cm³/mol. The summed E-state index contributed by atoms with van der Waals surface area (Å²) in [6.07, 6.45) is 1.36. The van der Waals surface area contributed by atoms with Gasteiger partial charge >= 0.3 is 0 Å². The molecule has 1 aromatic carbocycles. The Kier molecular flexibility index (Phi) is 4.10. The first-order valence-electron chi connectivity index (χ1n) is 8.02. The van der Waals surface area contributed by atoms with Gasteiger partial charge in [-0.2, -0.15) is 0 Å². The Hall–Kier alpha value is -2.51. The maximum absolute atomic E-state index is 12.8. The second-order valence-corrected chi connectivity index (χ2v) is 7.14. The summed E-state index contributed by atoms with van der Waals surface area (Å²) < 4.78 is 7.10.